The molecule has 1 N–H and O–H groups in total. The van der Waals surface area contributed by atoms with Crippen molar-refractivity contribution in [1.82, 2.24) is 20.0 Å². The van der Waals surface area contributed by atoms with Crippen LogP contribution < -0.4 is 5.32 Å². The van der Waals surface area contributed by atoms with Crippen molar-refractivity contribution in [3.8, 4) is 0 Å². The lowest BCUT2D eigenvalue weighted by Crippen LogP contribution is -2.47. The number of nitrogens with zero attached hydrogens (tertiary/aromatic N) is 4. The van der Waals surface area contributed by atoms with Gasteiger partial charge in [0.1, 0.15) is 0 Å². The molecule has 1 saturated carbocycles. The Morgan fingerprint density at radius 1 is 1.23 bits per heavy atom. The summed E-state index contributed by atoms with van der Waals surface area (Å²) in [6.45, 7) is 7.98. The quantitative estimate of drug-likeness (QED) is 0.219. The molecule has 6 nitrogen and oxygen atoms in total. The fourth-order valence-electron chi connectivity index (χ4n) is 3.92. The number of benzene rings is 1. The summed E-state index contributed by atoms with van der Waals surface area (Å²) in [7, 11) is 6.17. The first-order chi connectivity index (χ1) is 14.2. The number of ether oxygens (including phenoxy) is 1. The molecule has 0 spiro atoms. The second-order valence-corrected chi connectivity index (χ2v) is 8.49. The second-order valence-electron chi connectivity index (χ2n) is 8.49. The van der Waals surface area contributed by atoms with Crippen LogP contribution in [0.1, 0.15) is 30.9 Å². The molecule has 1 aromatic rings. The molecule has 170 valence electrons. The predicted octanol–water partition coefficient (Wildman–Crippen LogP) is 2.92. The number of rotatable bonds is 10. The highest BCUT2D eigenvalue weighted by Crippen LogP contribution is 2.28. The Bertz CT molecular complexity index is 625. The van der Waals surface area contributed by atoms with Crippen LogP contribution in [0.2, 0.25) is 0 Å². The summed E-state index contributed by atoms with van der Waals surface area (Å²) >= 11 is 0. The Hall–Kier alpha value is -0.900. The molecule has 1 heterocycles. The van der Waals surface area contributed by atoms with Gasteiger partial charge in [0.2, 0.25) is 0 Å². The molecular weight excluding hydrogens is 489 g/mol. The zero-order valence-corrected chi connectivity index (χ0v) is 21.3. The SMILES string of the molecule is CN=C(NCCCN1CCN(C)CC1c1ccccc1)N(C)CCOCC1CC1.I. The average Bonchev–Trinajstić information content (AvgIpc) is 3.57. The minimum atomic E-state index is 0. The molecule has 3 rings (SSSR count). The fourth-order valence-corrected chi connectivity index (χ4v) is 3.92. The van der Waals surface area contributed by atoms with Gasteiger partial charge in [-0.3, -0.25) is 9.89 Å². The lowest BCUT2D eigenvalue weighted by atomic mass is 10.0. The highest BCUT2D eigenvalue weighted by molar-refractivity contribution is 14.0. The molecular formula is C23H40IN5O. The summed E-state index contributed by atoms with van der Waals surface area (Å²) in [6.07, 6.45) is 3.80. The van der Waals surface area contributed by atoms with E-state index in [0.717, 1.165) is 70.8 Å². The van der Waals surface area contributed by atoms with Gasteiger partial charge in [-0.15, -0.1) is 24.0 Å². The maximum atomic E-state index is 5.76. The maximum Gasteiger partial charge on any atom is 0.193 e. The highest BCUT2D eigenvalue weighted by Gasteiger charge is 2.26. The van der Waals surface area contributed by atoms with E-state index in [2.05, 4.69) is 69.4 Å². The van der Waals surface area contributed by atoms with Gasteiger partial charge in [-0.2, -0.15) is 0 Å². The minimum Gasteiger partial charge on any atom is -0.379 e. The Morgan fingerprint density at radius 2 is 2.00 bits per heavy atom. The Morgan fingerprint density at radius 3 is 2.70 bits per heavy atom. The summed E-state index contributed by atoms with van der Waals surface area (Å²) in [4.78, 5) is 11.7. The number of aliphatic imine (C=N–C) groups is 1. The number of halogens is 1. The van der Waals surface area contributed by atoms with Crippen molar-refractivity contribution in [1.29, 1.82) is 0 Å². The van der Waals surface area contributed by atoms with Crippen LogP contribution in [0.5, 0.6) is 0 Å². The third-order valence-electron chi connectivity index (χ3n) is 5.98. The minimum absolute atomic E-state index is 0. The molecule has 0 amide bonds. The van der Waals surface area contributed by atoms with E-state index < -0.39 is 0 Å². The van der Waals surface area contributed by atoms with Crippen LogP contribution in [0.3, 0.4) is 0 Å². The first-order valence-electron chi connectivity index (χ1n) is 11.1. The van der Waals surface area contributed by atoms with Crippen molar-refractivity contribution in [3.05, 3.63) is 35.9 Å². The normalized spacial score (nSPS) is 20.6. The van der Waals surface area contributed by atoms with Gasteiger partial charge in [-0.1, -0.05) is 30.3 Å². The Labute approximate surface area is 200 Å². The van der Waals surface area contributed by atoms with E-state index >= 15 is 0 Å². The molecule has 1 atom stereocenters. The lowest BCUT2D eigenvalue weighted by Gasteiger charge is -2.40. The first-order valence-corrected chi connectivity index (χ1v) is 11.1. The van der Waals surface area contributed by atoms with Crippen molar-refractivity contribution in [2.75, 3.05) is 73.6 Å². The Kier molecular flexibility index (Phi) is 11.4. The topological polar surface area (TPSA) is 43.3 Å². The van der Waals surface area contributed by atoms with E-state index in [1.165, 1.54) is 18.4 Å². The van der Waals surface area contributed by atoms with Crippen molar-refractivity contribution in [3.63, 3.8) is 0 Å². The summed E-state index contributed by atoms with van der Waals surface area (Å²) < 4.78 is 5.76. The van der Waals surface area contributed by atoms with Gasteiger partial charge in [0, 0.05) is 66.0 Å². The van der Waals surface area contributed by atoms with Crippen molar-refractivity contribution >= 4 is 29.9 Å². The van der Waals surface area contributed by atoms with Crippen molar-refractivity contribution in [2.45, 2.75) is 25.3 Å². The van der Waals surface area contributed by atoms with Gasteiger partial charge in [0.05, 0.1) is 6.61 Å². The number of guanidine groups is 1. The molecule has 0 aromatic heterocycles. The lowest BCUT2D eigenvalue weighted by molar-refractivity contribution is 0.0890. The molecule has 1 unspecified atom stereocenters. The van der Waals surface area contributed by atoms with Crippen LogP contribution in [0.25, 0.3) is 0 Å². The highest BCUT2D eigenvalue weighted by atomic mass is 127. The molecule has 2 aliphatic rings. The molecule has 0 bridgehead atoms. The molecule has 1 aliphatic carbocycles. The fraction of sp³-hybridized carbons (Fsp3) is 0.696. The largest absolute Gasteiger partial charge is 0.379 e. The second kappa shape index (κ2) is 13.5. The van der Waals surface area contributed by atoms with Crippen LogP contribution in [0.4, 0.5) is 0 Å². The number of likely N-dealkylation sites (N-methyl/N-ethyl adjacent to an activating group) is 2. The summed E-state index contributed by atoms with van der Waals surface area (Å²) in [6, 6.07) is 11.4. The number of hydrogen-bond donors (Lipinski definition) is 1. The zero-order chi connectivity index (χ0) is 20.5. The Balaban J connectivity index is 0.00000320. The van der Waals surface area contributed by atoms with Crippen LogP contribution in [-0.2, 0) is 4.74 Å². The predicted molar refractivity (Wildman–Crippen MR) is 136 cm³/mol. The average molecular weight is 530 g/mol. The summed E-state index contributed by atoms with van der Waals surface area (Å²) in [5.74, 6) is 1.78. The third kappa shape index (κ3) is 8.32. The van der Waals surface area contributed by atoms with E-state index in [1.807, 2.05) is 7.05 Å². The van der Waals surface area contributed by atoms with Crippen LogP contribution in [0, 0.1) is 5.92 Å². The van der Waals surface area contributed by atoms with Gasteiger partial charge >= 0.3 is 0 Å². The van der Waals surface area contributed by atoms with Gasteiger partial charge in [0.25, 0.3) is 0 Å². The van der Waals surface area contributed by atoms with Crippen molar-refractivity contribution < 1.29 is 4.74 Å². The van der Waals surface area contributed by atoms with E-state index in [4.69, 9.17) is 4.74 Å². The zero-order valence-electron chi connectivity index (χ0n) is 18.9. The van der Waals surface area contributed by atoms with Gasteiger partial charge in [-0.25, -0.2) is 0 Å². The van der Waals surface area contributed by atoms with E-state index in [1.54, 1.807) is 0 Å². The molecule has 2 fully saturated rings. The maximum absolute atomic E-state index is 5.76. The summed E-state index contributed by atoms with van der Waals surface area (Å²) in [5, 5.41) is 3.52. The first kappa shape index (κ1) is 25.4. The monoisotopic (exact) mass is 529 g/mol. The molecule has 1 saturated heterocycles. The molecule has 1 aliphatic heterocycles. The van der Waals surface area contributed by atoms with Gasteiger partial charge < -0.3 is 19.9 Å². The smallest absolute Gasteiger partial charge is 0.193 e. The van der Waals surface area contributed by atoms with Crippen LogP contribution in [0.15, 0.2) is 35.3 Å². The molecule has 7 heteroatoms. The van der Waals surface area contributed by atoms with E-state index in [0.29, 0.717) is 6.04 Å². The van der Waals surface area contributed by atoms with Gasteiger partial charge in [0.15, 0.2) is 5.96 Å². The summed E-state index contributed by atoms with van der Waals surface area (Å²) in [5.41, 5.74) is 1.42. The molecule has 0 radical (unpaired) electrons. The van der Waals surface area contributed by atoms with Crippen LogP contribution >= 0.6 is 24.0 Å². The number of piperazine rings is 1. The molecule has 30 heavy (non-hydrogen) atoms. The third-order valence-corrected chi connectivity index (χ3v) is 5.98. The number of hydrogen-bond acceptors (Lipinski definition) is 4. The van der Waals surface area contributed by atoms with E-state index in [9.17, 15) is 0 Å². The van der Waals surface area contributed by atoms with Crippen molar-refractivity contribution in [2.24, 2.45) is 10.9 Å². The molecule has 1 aromatic carbocycles. The van der Waals surface area contributed by atoms with Crippen LogP contribution in [-0.4, -0.2) is 94.3 Å². The van der Waals surface area contributed by atoms with E-state index in [-0.39, 0.29) is 24.0 Å². The van der Waals surface area contributed by atoms with Gasteiger partial charge in [-0.05, 0) is 37.8 Å². The standard InChI is InChI=1S/C23H39N5O.HI/c1-24-23(27(3)16-17-29-19-20-10-11-20)25-12-7-13-28-15-14-26(2)18-22(28)21-8-5-4-6-9-21;/h4-6,8-9,20,22H,7,10-19H2,1-3H3,(H,24,25);1H. The number of nitrogens with one attached hydrogen (secondary N) is 1.